The molecule has 0 atom stereocenters. The van der Waals surface area contributed by atoms with Crippen LogP contribution in [0.4, 0.5) is 5.69 Å². The first-order valence-electron chi connectivity index (χ1n) is 8.63. The molecule has 1 aromatic heterocycles. The van der Waals surface area contributed by atoms with E-state index in [2.05, 4.69) is 10.6 Å². The summed E-state index contributed by atoms with van der Waals surface area (Å²) >= 11 is 6.38. The van der Waals surface area contributed by atoms with Crippen LogP contribution in [-0.4, -0.2) is 23.5 Å². The number of anilines is 1. The number of halogens is 1. The molecular formula is C21H20ClN3O3. The molecule has 0 saturated carbocycles. The van der Waals surface area contributed by atoms with Crippen molar-refractivity contribution in [3.8, 4) is 11.4 Å². The van der Waals surface area contributed by atoms with Crippen molar-refractivity contribution in [3.05, 3.63) is 77.1 Å². The highest BCUT2D eigenvalue weighted by molar-refractivity contribution is 6.33. The molecule has 7 heteroatoms. The second-order valence-electron chi connectivity index (χ2n) is 6.16. The van der Waals surface area contributed by atoms with Crippen LogP contribution in [0.25, 0.3) is 5.69 Å². The number of hydrogen-bond acceptors (Lipinski definition) is 3. The second kappa shape index (κ2) is 8.63. The van der Waals surface area contributed by atoms with Gasteiger partial charge in [0.25, 0.3) is 5.91 Å². The lowest BCUT2D eigenvalue weighted by molar-refractivity contribution is -0.114. The van der Waals surface area contributed by atoms with E-state index in [1.807, 2.05) is 41.2 Å². The molecule has 144 valence electrons. The molecule has 2 aromatic carbocycles. The van der Waals surface area contributed by atoms with Gasteiger partial charge < -0.3 is 19.9 Å². The zero-order chi connectivity index (χ0) is 20.1. The fraction of sp³-hybridized carbons (Fsp3) is 0.143. The van der Waals surface area contributed by atoms with Crippen molar-refractivity contribution in [2.75, 3.05) is 12.4 Å². The number of rotatable bonds is 6. The van der Waals surface area contributed by atoms with Crippen LogP contribution in [0, 0.1) is 0 Å². The Balaban J connectivity index is 1.77. The second-order valence-corrected chi connectivity index (χ2v) is 6.57. The number of benzene rings is 2. The van der Waals surface area contributed by atoms with Gasteiger partial charge in [-0.3, -0.25) is 9.59 Å². The summed E-state index contributed by atoms with van der Waals surface area (Å²) in [7, 11) is 1.51. The third kappa shape index (κ3) is 4.53. The molecule has 3 aromatic rings. The molecule has 0 spiro atoms. The van der Waals surface area contributed by atoms with E-state index in [1.165, 1.54) is 14.0 Å². The van der Waals surface area contributed by atoms with E-state index >= 15 is 0 Å². The van der Waals surface area contributed by atoms with Crippen LogP contribution in [0.3, 0.4) is 0 Å². The first kappa shape index (κ1) is 19.5. The molecule has 2 amide bonds. The molecule has 0 radical (unpaired) electrons. The molecule has 0 unspecified atom stereocenters. The van der Waals surface area contributed by atoms with Gasteiger partial charge in [-0.2, -0.15) is 0 Å². The van der Waals surface area contributed by atoms with Crippen molar-refractivity contribution in [1.29, 1.82) is 0 Å². The van der Waals surface area contributed by atoms with Gasteiger partial charge in [-0.05, 0) is 35.9 Å². The van der Waals surface area contributed by atoms with Crippen LogP contribution >= 0.6 is 11.6 Å². The SMILES string of the molecule is COc1cc(-n2cccc2)c(Cl)cc1C(=O)NCc1cccc(NC(C)=O)c1. The van der Waals surface area contributed by atoms with Gasteiger partial charge >= 0.3 is 0 Å². The highest BCUT2D eigenvalue weighted by Crippen LogP contribution is 2.30. The summed E-state index contributed by atoms with van der Waals surface area (Å²) in [6, 6.07) is 14.4. The lowest BCUT2D eigenvalue weighted by Gasteiger charge is -2.14. The van der Waals surface area contributed by atoms with Crippen molar-refractivity contribution in [1.82, 2.24) is 9.88 Å². The molecule has 0 aliphatic rings. The van der Waals surface area contributed by atoms with E-state index in [4.69, 9.17) is 16.3 Å². The highest BCUT2D eigenvalue weighted by atomic mass is 35.5. The van der Waals surface area contributed by atoms with Crippen molar-refractivity contribution < 1.29 is 14.3 Å². The zero-order valence-electron chi connectivity index (χ0n) is 15.5. The third-order valence-electron chi connectivity index (χ3n) is 4.10. The molecule has 0 bridgehead atoms. The first-order valence-corrected chi connectivity index (χ1v) is 9.01. The maximum absolute atomic E-state index is 12.7. The Morgan fingerprint density at radius 2 is 1.86 bits per heavy atom. The molecule has 28 heavy (non-hydrogen) atoms. The van der Waals surface area contributed by atoms with E-state index in [9.17, 15) is 9.59 Å². The Kier molecular flexibility index (Phi) is 6.01. The Labute approximate surface area is 168 Å². The van der Waals surface area contributed by atoms with Crippen molar-refractivity contribution in [2.45, 2.75) is 13.5 Å². The maximum Gasteiger partial charge on any atom is 0.255 e. The van der Waals surface area contributed by atoms with Crippen molar-refractivity contribution in [2.24, 2.45) is 0 Å². The molecular weight excluding hydrogens is 378 g/mol. The van der Waals surface area contributed by atoms with Crippen LogP contribution < -0.4 is 15.4 Å². The molecule has 3 rings (SSSR count). The van der Waals surface area contributed by atoms with Crippen LogP contribution in [-0.2, 0) is 11.3 Å². The van der Waals surface area contributed by atoms with E-state index in [-0.39, 0.29) is 11.8 Å². The summed E-state index contributed by atoms with van der Waals surface area (Å²) < 4.78 is 7.24. The zero-order valence-corrected chi connectivity index (χ0v) is 16.3. The number of carbonyl (C=O) groups is 2. The highest BCUT2D eigenvalue weighted by Gasteiger charge is 2.16. The van der Waals surface area contributed by atoms with Gasteiger partial charge in [0.1, 0.15) is 5.75 Å². The van der Waals surface area contributed by atoms with E-state index in [0.717, 1.165) is 11.3 Å². The van der Waals surface area contributed by atoms with Crippen molar-refractivity contribution >= 4 is 29.1 Å². The topological polar surface area (TPSA) is 72.4 Å². The summed E-state index contributed by atoms with van der Waals surface area (Å²) in [4.78, 5) is 23.9. The minimum atomic E-state index is -0.303. The van der Waals surface area contributed by atoms with Crippen LogP contribution in [0.5, 0.6) is 5.75 Å². The molecule has 0 fully saturated rings. The predicted octanol–water partition coefficient (Wildman–Crippen LogP) is 4.03. The molecule has 0 aliphatic heterocycles. The normalized spacial score (nSPS) is 10.4. The number of amides is 2. The van der Waals surface area contributed by atoms with Gasteiger partial charge in [0, 0.05) is 37.6 Å². The summed E-state index contributed by atoms with van der Waals surface area (Å²) in [5.41, 5.74) is 2.61. The summed E-state index contributed by atoms with van der Waals surface area (Å²) in [5, 5.41) is 6.01. The fourth-order valence-corrected chi connectivity index (χ4v) is 3.08. The number of aromatic nitrogens is 1. The minimum Gasteiger partial charge on any atom is -0.496 e. The van der Waals surface area contributed by atoms with E-state index in [1.54, 1.807) is 24.3 Å². The Morgan fingerprint density at radius 3 is 2.54 bits per heavy atom. The van der Waals surface area contributed by atoms with Crippen LogP contribution in [0.2, 0.25) is 5.02 Å². The van der Waals surface area contributed by atoms with E-state index < -0.39 is 0 Å². The Morgan fingerprint density at radius 1 is 1.11 bits per heavy atom. The lowest BCUT2D eigenvalue weighted by atomic mass is 10.1. The summed E-state index contributed by atoms with van der Waals surface area (Å²) in [5.74, 6) is -0.0244. The fourth-order valence-electron chi connectivity index (χ4n) is 2.82. The molecule has 0 saturated heterocycles. The Bertz CT molecular complexity index is 1000. The van der Waals surface area contributed by atoms with Gasteiger partial charge in [-0.15, -0.1) is 0 Å². The summed E-state index contributed by atoms with van der Waals surface area (Å²) in [6.45, 7) is 1.74. The van der Waals surface area contributed by atoms with Gasteiger partial charge in [0.2, 0.25) is 5.91 Å². The lowest BCUT2D eigenvalue weighted by Crippen LogP contribution is -2.23. The molecule has 0 aliphatic carbocycles. The van der Waals surface area contributed by atoms with Crippen LogP contribution in [0.15, 0.2) is 60.9 Å². The Hall–Kier alpha value is -3.25. The molecule has 2 N–H and O–H groups in total. The maximum atomic E-state index is 12.7. The largest absolute Gasteiger partial charge is 0.496 e. The predicted molar refractivity (Wildman–Crippen MR) is 109 cm³/mol. The number of ether oxygens (including phenoxy) is 1. The summed E-state index contributed by atoms with van der Waals surface area (Å²) in [6.07, 6.45) is 3.73. The minimum absolute atomic E-state index is 0.150. The van der Waals surface area contributed by atoms with Gasteiger partial charge in [0.05, 0.1) is 23.4 Å². The smallest absolute Gasteiger partial charge is 0.255 e. The number of nitrogens with one attached hydrogen (secondary N) is 2. The first-order chi connectivity index (χ1) is 13.5. The average Bonchev–Trinajstić information content (AvgIpc) is 3.20. The quantitative estimate of drug-likeness (QED) is 0.659. The van der Waals surface area contributed by atoms with Gasteiger partial charge in [-0.1, -0.05) is 23.7 Å². The average molecular weight is 398 g/mol. The monoisotopic (exact) mass is 397 g/mol. The van der Waals surface area contributed by atoms with Gasteiger partial charge in [-0.25, -0.2) is 0 Å². The number of carbonyl (C=O) groups excluding carboxylic acids is 2. The number of hydrogen-bond donors (Lipinski definition) is 2. The number of nitrogens with zero attached hydrogens (tertiary/aromatic N) is 1. The molecule has 6 nitrogen and oxygen atoms in total. The standard InChI is InChI=1S/C21H20ClN3O3/c1-14(26)24-16-7-5-6-15(10-16)13-23-21(27)17-11-18(22)19(12-20(17)28-2)25-8-3-4-9-25/h3-12H,13H2,1-2H3,(H,23,27)(H,24,26). The molecule has 1 heterocycles. The van der Waals surface area contributed by atoms with Gasteiger partial charge in [0.15, 0.2) is 0 Å². The third-order valence-corrected chi connectivity index (χ3v) is 4.40. The van der Waals surface area contributed by atoms with Crippen molar-refractivity contribution in [3.63, 3.8) is 0 Å². The number of methoxy groups -OCH3 is 1. The van der Waals surface area contributed by atoms with E-state index in [0.29, 0.717) is 28.6 Å². The van der Waals surface area contributed by atoms with Crippen LogP contribution in [0.1, 0.15) is 22.8 Å².